The Morgan fingerprint density at radius 2 is 2.29 bits per heavy atom. The van der Waals surface area contributed by atoms with Gasteiger partial charge < -0.3 is 19.3 Å². The summed E-state index contributed by atoms with van der Waals surface area (Å²) in [4.78, 5) is 33.5. The Hall–Kier alpha value is -2.46. The number of hydrogen-bond acceptors (Lipinski definition) is 7. The molecule has 1 aliphatic rings. The summed E-state index contributed by atoms with van der Waals surface area (Å²) in [6.07, 6.45) is 2.12. The number of nitrogens with zero attached hydrogens (tertiary/aromatic N) is 2. The van der Waals surface area contributed by atoms with Crippen LogP contribution in [-0.2, 0) is 27.4 Å². The van der Waals surface area contributed by atoms with Crippen LogP contribution in [0.5, 0.6) is 5.75 Å². The molecule has 0 spiro atoms. The van der Waals surface area contributed by atoms with Gasteiger partial charge in [-0.15, -0.1) is 0 Å². The van der Waals surface area contributed by atoms with E-state index in [4.69, 9.17) is 19.3 Å². The molecule has 132 valence electrons. The van der Waals surface area contributed by atoms with Gasteiger partial charge in [-0.1, -0.05) is 0 Å². The van der Waals surface area contributed by atoms with Crippen molar-refractivity contribution in [2.75, 3.05) is 13.7 Å². The smallest absolute Gasteiger partial charge is 0.375 e. The molecule has 0 aliphatic carbocycles. The third-order valence-corrected chi connectivity index (χ3v) is 3.58. The molecule has 1 saturated heterocycles. The monoisotopic (exact) mass is 342 g/mol. The minimum Gasteiger partial charge on any atom is -0.490 e. The van der Waals surface area contributed by atoms with Crippen molar-refractivity contribution in [1.29, 1.82) is 0 Å². The Balaban J connectivity index is 2.36. The summed E-state index contributed by atoms with van der Waals surface area (Å²) in [5, 5.41) is 20.0. The van der Waals surface area contributed by atoms with Crippen molar-refractivity contribution in [2.24, 2.45) is 0 Å². The van der Waals surface area contributed by atoms with Crippen molar-refractivity contribution in [3.63, 3.8) is 0 Å². The van der Waals surface area contributed by atoms with Crippen LogP contribution in [-0.4, -0.2) is 40.6 Å². The van der Waals surface area contributed by atoms with Gasteiger partial charge in [-0.2, -0.15) is 0 Å². The first kappa shape index (κ1) is 17.9. The van der Waals surface area contributed by atoms with Crippen LogP contribution in [0.25, 0.3) is 0 Å². The predicted octanol–water partition coefficient (Wildman–Crippen LogP) is 0.893. The second-order valence-electron chi connectivity index (χ2n) is 5.20. The van der Waals surface area contributed by atoms with Gasteiger partial charge in [-0.25, -0.2) is 0 Å². The molecule has 1 aromatic rings. The summed E-state index contributed by atoms with van der Waals surface area (Å²) in [5.74, 6) is -1.54. The van der Waals surface area contributed by atoms with Gasteiger partial charge >= 0.3 is 17.2 Å². The van der Waals surface area contributed by atoms with Crippen LogP contribution < -0.4 is 10.3 Å². The van der Waals surface area contributed by atoms with Gasteiger partial charge in [0.1, 0.15) is 6.54 Å². The molecule has 2 heterocycles. The number of pyridine rings is 1. The van der Waals surface area contributed by atoms with E-state index in [2.05, 4.69) is 0 Å². The van der Waals surface area contributed by atoms with Crippen LogP contribution >= 0.6 is 0 Å². The molecule has 10 heteroatoms. The molecule has 24 heavy (non-hydrogen) atoms. The van der Waals surface area contributed by atoms with E-state index >= 15 is 0 Å². The standard InChI is InChI=1S/C14H18N2O8/c1-22-10-6-9(8-24-12-4-2-3-5-23-12)15(7-11(17)18)14(19)13(10)16(20)21/h6,12H,2-5,7-8H2,1H3,(H,17,18). The number of carboxylic acids is 1. The van der Waals surface area contributed by atoms with Gasteiger partial charge in [0.25, 0.3) is 0 Å². The van der Waals surface area contributed by atoms with Gasteiger partial charge in [0, 0.05) is 12.7 Å². The second kappa shape index (κ2) is 7.88. The summed E-state index contributed by atoms with van der Waals surface area (Å²) in [7, 11) is 1.19. The van der Waals surface area contributed by atoms with Crippen molar-refractivity contribution in [2.45, 2.75) is 38.7 Å². The van der Waals surface area contributed by atoms with E-state index in [0.29, 0.717) is 13.0 Å². The fourth-order valence-corrected chi connectivity index (χ4v) is 2.43. The second-order valence-corrected chi connectivity index (χ2v) is 5.20. The zero-order chi connectivity index (χ0) is 17.7. The summed E-state index contributed by atoms with van der Waals surface area (Å²) >= 11 is 0. The number of nitro groups is 1. The average Bonchev–Trinajstić information content (AvgIpc) is 2.55. The molecule has 1 N–H and O–H groups in total. The fourth-order valence-electron chi connectivity index (χ4n) is 2.43. The summed E-state index contributed by atoms with van der Waals surface area (Å²) in [5.41, 5.74) is -1.69. The molecule has 0 amide bonds. The Labute approximate surface area is 136 Å². The van der Waals surface area contributed by atoms with E-state index in [1.54, 1.807) is 0 Å². The predicted molar refractivity (Wildman–Crippen MR) is 79.9 cm³/mol. The molecule has 0 saturated carbocycles. The van der Waals surface area contributed by atoms with Gasteiger partial charge in [0.2, 0.25) is 5.75 Å². The molecule has 0 aromatic carbocycles. The highest BCUT2D eigenvalue weighted by atomic mass is 16.7. The maximum absolute atomic E-state index is 12.3. The number of methoxy groups -OCH3 is 1. The topological polar surface area (TPSA) is 130 Å². The third kappa shape index (κ3) is 4.09. The number of aliphatic carboxylic acids is 1. The lowest BCUT2D eigenvalue weighted by Crippen LogP contribution is -2.30. The van der Waals surface area contributed by atoms with Crippen LogP contribution in [0.3, 0.4) is 0 Å². The highest BCUT2D eigenvalue weighted by Gasteiger charge is 2.26. The first-order valence-corrected chi connectivity index (χ1v) is 7.34. The Morgan fingerprint density at radius 3 is 2.83 bits per heavy atom. The van der Waals surface area contributed by atoms with E-state index in [-0.39, 0.29) is 18.1 Å². The third-order valence-electron chi connectivity index (χ3n) is 3.58. The Bertz CT molecular complexity index is 678. The van der Waals surface area contributed by atoms with E-state index in [9.17, 15) is 19.7 Å². The van der Waals surface area contributed by atoms with E-state index in [1.165, 1.54) is 13.2 Å². The van der Waals surface area contributed by atoms with Crippen molar-refractivity contribution < 1.29 is 29.0 Å². The molecule has 1 aliphatic heterocycles. The highest BCUT2D eigenvalue weighted by Crippen LogP contribution is 2.25. The van der Waals surface area contributed by atoms with E-state index in [1.807, 2.05) is 0 Å². The number of aromatic nitrogens is 1. The summed E-state index contributed by atoms with van der Waals surface area (Å²) in [6.45, 7) is -0.272. The van der Waals surface area contributed by atoms with Crippen molar-refractivity contribution in [3.8, 4) is 5.75 Å². The zero-order valence-corrected chi connectivity index (χ0v) is 13.1. The van der Waals surface area contributed by atoms with Gasteiger partial charge in [0.05, 0.1) is 24.3 Å². The average molecular weight is 342 g/mol. The van der Waals surface area contributed by atoms with Crippen molar-refractivity contribution >= 4 is 11.7 Å². The maximum Gasteiger partial charge on any atom is 0.375 e. The number of carboxylic acid groups (broad SMARTS) is 1. The largest absolute Gasteiger partial charge is 0.490 e. The lowest BCUT2D eigenvalue weighted by Gasteiger charge is -2.23. The minimum absolute atomic E-state index is 0.123. The molecule has 10 nitrogen and oxygen atoms in total. The lowest BCUT2D eigenvalue weighted by molar-refractivity contribution is -0.387. The van der Waals surface area contributed by atoms with E-state index < -0.39 is 35.0 Å². The van der Waals surface area contributed by atoms with Gasteiger partial charge in [-0.3, -0.25) is 24.3 Å². The lowest BCUT2D eigenvalue weighted by atomic mass is 10.2. The number of rotatable bonds is 7. The van der Waals surface area contributed by atoms with E-state index in [0.717, 1.165) is 17.4 Å². The maximum atomic E-state index is 12.3. The number of hydrogen-bond donors (Lipinski definition) is 1. The highest BCUT2D eigenvalue weighted by molar-refractivity contribution is 5.67. The molecule has 1 fully saturated rings. The summed E-state index contributed by atoms with van der Waals surface area (Å²) < 4.78 is 16.6. The van der Waals surface area contributed by atoms with Crippen LogP contribution in [0.4, 0.5) is 5.69 Å². The number of carbonyl (C=O) groups is 1. The SMILES string of the molecule is COc1cc(COC2CCCCO2)n(CC(=O)O)c(=O)c1[N+](=O)[O-]. The van der Waals surface area contributed by atoms with Crippen LogP contribution in [0.2, 0.25) is 0 Å². The number of ether oxygens (including phenoxy) is 3. The molecule has 0 bridgehead atoms. The fraction of sp³-hybridized carbons (Fsp3) is 0.571. The Morgan fingerprint density at radius 1 is 1.54 bits per heavy atom. The first-order valence-electron chi connectivity index (χ1n) is 7.34. The molecule has 1 aromatic heterocycles. The minimum atomic E-state index is -1.30. The quantitative estimate of drug-likeness (QED) is 0.571. The van der Waals surface area contributed by atoms with Crippen molar-refractivity contribution in [3.05, 3.63) is 32.2 Å². The molecule has 2 rings (SSSR count). The normalized spacial score (nSPS) is 17.5. The zero-order valence-electron chi connectivity index (χ0n) is 13.1. The van der Waals surface area contributed by atoms with Crippen LogP contribution in [0.15, 0.2) is 10.9 Å². The summed E-state index contributed by atoms with van der Waals surface area (Å²) in [6, 6.07) is 1.24. The molecule has 0 radical (unpaired) electrons. The van der Waals surface area contributed by atoms with Crippen molar-refractivity contribution in [1.82, 2.24) is 4.57 Å². The molecule has 1 atom stereocenters. The van der Waals surface area contributed by atoms with Crippen LogP contribution in [0, 0.1) is 10.1 Å². The molecule has 1 unspecified atom stereocenters. The van der Waals surface area contributed by atoms with Gasteiger partial charge in [-0.05, 0) is 19.3 Å². The Kier molecular flexibility index (Phi) is 5.88. The molecular weight excluding hydrogens is 324 g/mol. The molecular formula is C14H18N2O8. The van der Waals surface area contributed by atoms with Crippen LogP contribution in [0.1, 0.15) is 25.0 Å². The van der Waals surface area contributed by atoms with Gasteiger partial charge in [0.15, 0.2) is 6.29 Å². The first-order chi connectivity index (χ1) is 11.4.